The molecule has 5 nitrogen and oxygen atoms in total. The molecule has 0 fully saturated rings. The lowest BCUT2D eigenvalue weighted by atomic mass is 10.1. The first kappa shape index (κ1) is 19.7. The third-order valence-electron chi connectivity index (χ3n) is 4.42. The number of hydrogen-bond acceptors (Lipinski definition) is 4. The van der Waals surface area contributed by atoms with Crippen LogP contribution in [0.2, 0.25) is 5.02 Å². The number of pyridine rings is 1. The lowest BCUT2D eigenvalue weighted by molar-refractivity contribution is 0.102. The quantitative estimate of drug-likeness (QED) is 0.580. The minimum atomic E-state index is -0.252. The molecule has 0 aliphatic rings. The van der Waals surface area contributed by atoms with E-state index >= 15 is 0 Å². The molecule has 2 aromatic carbocycles. The highest BCUT2D eigenvalue weighted by atomic mass is 35.5. The Bertz CT molecular complexity index is 977. The van der Waals surface area contributed by atoms with Crippen LogP contribution in [-0.4, -0.2) is 18.0 Å². The van der Waals surface area contributed by atoms with Gasteiger partial charge in [0.2, 0.25) is 0 Å². The third-order valence-corrected chi connectivity index (χ3v) is 4.82. The summed E-state index contributed by atoms with van der Waals surface area (Å²) >= 11 is 6.13. The number of aromatic nitrogens is 1. The van der Waals surface area contributed by atoms with Crippen molar-refractivity contribution in [1.82, 2.24) is 4.98 Å². The molecular weight excluding hydrogens is 374 g/mol. The number of anilines is 2. The van der Waals surface area contributed by atoms with E-state index in [4.69, 9.17) is 16.3 Å². The zero-order valence-corrected chi connectivity index (χ0v) is 16.7. The van der Waals surface area contributed by atoms with Gasteiger partial charge in [-0.1, -0.05) is 41.9 Å². The van der Waals surface area contributed by atoms with Crippen molar-refractivity contribution >= 4 is 29.0 Å². The van der Waals surface area contributed by atoms with Crippen molar-refractivity contribution in [2.75, 3.05) is 17.7 Å². The summed E-state index contributed by atoms with van der Waals surface area (Å²) in [4.78, 5) is 17.1. The van der Waals surface area contributed by atoms with Crippen molar-refractivity contribution < 1.29 is 9.53 Å². The molecule has 0 radical (unpaired) electrons. The van der Waals surface area contributed by atoms with Gasteiger partial charge in [-0.25, -0.2) is 4.98 Å². The minimum Gasteiger partial charge on any atom is -0.495 e. The van der Waals surface area contributed by atoms with Gasteiger partial charge in [-0.05, 0) is 43.2 Å². The number of hydrogen-bond donors (Lipinski definition) is 2. The second-order valence-corrected chi connectivity index (χ2v) is 6.87. The van der Waals surface area contributed by atoms with Gasteiger partial charge in [0.15, 0.2) is 0 Å². The number of amides is 1. The van der Waals surface area contributed by atoms with Crippen molar-refractivity contribution in [3.63, 3.8) is 0 Å². The normalized spacial score (nSPS) is 11.6. The fourth-order valence-corrected chi connectivity index (χ4v) is 2.98. The molecular formula is C22H22ClN3O2. The molecule has 144 valence electrons. The Morgan fingerprint density at radius 2 is 1.89 bits per heavy atom. The summed E-state index contributed by atoms with van der Waals surface area (Å²) in [7, 11) is 1.54. The molecule has 1 amide bonds. The second kappa shape index (κ2) is 8.76. The van der Waals surface area contributed by atoms with E-state index in [0.717, 1.165) is 11.1 Å². The van der Waals surface area contributed by atoms with E-state index in [1.54, 1.807) is 30.5 Å². The zero-order valence-electron chi connectivity index (χ0n) is 16.0. The summed E-state index contributed by atoms with van der Waals surface area (Å²) in [5.74, 6) is 0.884. The van der Waals surface area contributed by atoms with Crippen LogP contribution in [0.1, 0.15) is 34.5 Å². The molecule has 1 heterocycles. The monoisotopic (exact) mass is 395 g/mol. The van der Waals surface area contributed by atoms with Crippen molar-refractivity contribution in [3.05, 3.63) is 82.5 Å². The standard InChI is InChI=1S/C22H22ClN3O2/c1-14-11-19(20(28-3)13-18(14)23)26-22(27)17-9-10-24-21(12-17)25-15(2)16-7-5-4-6-8-16/h4-13,15H,1-3H3,(H,24,25)(H,26,27). The minimum absolute atomic E-state index is 0.0611. The van der Waals surface area contributed by atoms with Crippen molar-refractivity contribution in [2.45, 2.75) is 19.9 Å². The summed E-state index contributed by atoms with van der Waals surface area (Å²) in [5, 5.41) is 6.79. The van der Waals surface area contributed by atoms with Gasteiger partial charge in [0.1, 0.15) is 11.6 Å². The molecule has 0 bridgehead atoms. The lowest BCUT2D eigenvalue weighted by Crippen LogP contribution is -2.14. The molecule has 3 aromatic rings. The van der Waals surface area contributed by atoms with E-state index in [1.165, 1.54) is 7.11 Å². The highest BCUT2D eigenvalue weighted by Gasteiger charge is 2.13. The Morgan fingerprint density at radius 1 is 1.14 bits per heavy atom. The lowest BCUT2D eigenvalue weighted by Gasteiger charge is -2.16. The van der Waals surface area contributed by atoms with Crippen LogP contribution in [-0.2, 0) is 0 Å². The van der Waals surface area contributed by atoms with E-state index in [0.29, 0.717) is 27.8 Å². The molecule has 0 saturated carbocycles. The number of benzene rings is 2. The van der Waals surface area contributed by atoms with Crippen molar-refractivity contribution in [1.29, 1.82) is 0 Å². The Kier molecular flexibility index (Phi) is 6.16. The van der Waals surface area contributed by atoms with E-state index in [2.05, 4.69) is 15.6 Å². The Balaban J connectivity index is 1.77. The zero-order chi connectivity index (χ0) is 20.1. The van der Waals surface area contributed by atoms with Crippen LogP contribution in [0.5, 0.6) is 5.75 Å². The maximum Gasteiger partial charge on any atom is 0.255 e. The summed E-state index contributed by atoms with van der Waals surface area (Å²) in [5.41, 5.74) is 3.05. The molecule has 0 aliphatic carbocycles. The predicted octanol–water partition coefficient (Wildman–Crippen LogP) is 5.48. The summed E-state index contributed by atoms with van der Waals surface area (Å²) in [6, 6.07) is 17.0. The summed E-state index contributed by atoms with van der Waals surface area (Å²) in [6.07, 6.45) is 1.61. The van der Waals surface area contributed by atoms with Gasteiger partial charge in [-0.3, -0.25) is 4.79 Å². The molecule has 1 atom stereocenters. The number of nitrogens with zero attached hydrogens (tertiary/aromatic N) is 1. The average molecular weight is 396 g/mol. The molecule has 6 heteroatoms. The third kappa shape index (κ3) is 4.61. The maximum atomic E-state index is 12.7. The smallest absolute Gasteiger partial charge is 0.255 e. The number of carbonyl (C=O) groups is 1. The van der Waals surface area contributed by atoms with Crippen LogP contribution < -0.4 is 15.4 Å². The Labute approximate surface area is 169 Å². The molecule has 0 saturated heterocycles. The van der Waals surface area contributed by atoms with Crippen LogP contribution in [0, 0.1) is 6.92 Å². The van der Waals surface area contributed by atoms with E-state index in [1.807, 2.05) is 44.2 Å². The van der Waals surface area contributed by atoms with Gasteiger partial charge in [0, 0.05) is 28.9 Å². The van der Waals surface area contributed by atoms with Crippen LogP contribution in [0.4, 0.5) is 11.5 Å². The topological polar surface area (TPSA) is 63.2 Å². The molecule has 3 rings (SSSR count). The van der Waals surface area contributed by atoms with E-state index in [-0.39, 0.29) is 11.9 Å². The molecule has 1 unspecified atom stereocenters. The Morgan fingerprint density at radius 3 is 2.61 bits per heavy atom. The van der Waals surface area contributed by atoms with Gasteiger partial charge >= 0.3 is 0 Å². The predicted molar refractivity (Wildman–Crippen MR) is 113 cm³/mol. The fourth-order valence-electron chi connectivity index (χ4n) is 2.82. The number of methoxy groups -OCH3 is 1. The number of ether oxygens (including phenoxy) is 1. The first-order valence-electron chi connectivity index (χ1n) is 8.91. The second-order valence-electron chi connectivity index (χ2n) is 6.46. The van der Waals surface area contributed by atoms with Crippen LogP contribution in [0.15, 0.2) is 60.8 Å². The SMILES string of the molecule is COc1cc(Cl)c(C)cc1NC(=O)c1ccnc(NC(C)c2ccccc2)c1. The van der Waals surface area contributed by atoms with Gasteiger partial charge < -0.3 is 15.4 Å². The average Bonchev–Trinajstić information content (AvgIpc) is 2.71. The molecule has 2 N–H and O–H groups in total. The van der Waals surface area contributed by atoms with Crippen molar-refractivity contribution in [2.24, 2.45) is 0 Å². The molecule has 28 heavy (non-hydrogen) atoms. The number of carbonyl (C=O) groups excluding carboxylic acids is 1. The molecule has 1 aromatic heterocycles. The fraction of sp³-hybridized carbons (Fsp3) is 0.182. The largest absolute Gasteiger partial charge is 0.495 e. The molecule has 0 aliphatic heterocycles. The van der Waals surface area contributed by atoms with Gasteiger partial charge in [0.25, 0.3) is 5.91 Å². The van der Waals surface area contributed by atoms with Crippen LogP contribution in [0.25, 0.3) is 0 Å². The highest BCUT2D eigenvalue weighted by Crippen LogP contribution is 2.31. The first-order valence-corrected chi connectivity index (χ1v) is 9.28. The van der Waals surface area contributed by atoms with Crippen LogP contribution in [0.3, 0.4) is 0 Å². The Hall–Kier alpha value is -3.05. The summed E-state index contributed by atoms with van der Waals surface area (Å²) in [6.45, 7) is 3.92. The number of aryl methyl sites for hydroxylation is 1. The number of nitrogens with one attached hydrogen (secondary N) is 2. The van der Waals surface area contributed by atoms with Gasteiger partial charge in [-0.2, -0.15) is 0 Å². The molecule has 0 spiro atoms. The highest BCUT2D eigenvalue weighted by molar-refractivity contribution is 6.31. The first-order chi connectivity index (χ1) is 13.5. The van der Waals surface area contributed by atoms with Gasteiger partial charge in [-0.15, -0.1) is 0 Å². The number of rotatable bonds is 6. The van der Waals surface area contributed by atoms with Gasteiger partial charge in [0.05, 0.1) is 12.8 Å². The van der Waals surface area contributed by atoms with Crippen LogP contribution >= 0.6 is 11.6 Å². The summed E-state index contributed by atoms with van der Waals surface area (Å²) < 4.78 is 5.32. The number of halogens is 1. The van der Waals surface area contributed by atoms with E-state index < -0.39 is 0 Å². The maximum absolute atomic E-state index is 12.7. The van der Waals surface area contributed by atoms with E-state index in [9.17, 15) is 4.79 Å². The van der Waals surface area contributed by atoms with Crippen molar-refractivity contribution in [3.8, 4) is 5.75 Å².